The molecule has 0 fully saturated rings. The van der Waals surface area contributed by atoms with E-state index in [9.17, 15) is 0 Å². The zero-order chi connectivity index (χ0) is 13.9. The van der Waals surface area contributed by atoms with Gasteiger partial charge in [0, 0.05) is 12.6 Å². The van der Waals surface area contributed by atoms with Crippen molar-refractivity contribution in [2.24, 2.45) is 5.73 Å². The summed E-state index contributed by atoms with van der Waals surface area (Å²) < 4.78 is 7.73. The number of nitrogens with two attached hydrogens (primary N) is 1. The Balaban J connectivity index is 1.68. The van der Waals surface area contributed by atoms with Crippen LogP contribution in [-0.4, -0.2) is 14.8 Å². The number of ether oxygens (including phenoxy) is 1. The van der Waals surface area contributed by atoms with Crippen molar-refractivity contribution in [3.05, 3.63) is 41.5 Å². The van der Waals surface area contributed by atoms with E-state index in [1.54, 1.807) is 6.33 Å². The lowest BCUT2D eigenvalue weighted by Crippen LogP contribution is -2.08. The maximum Gasteiger partial charge on any atom is 0.164 e. The van der Waals surface area contributed by atoms with Gasteiger partial charge in [-0.25, -0.2) is 9.67 Å². The topological polar surface area (TPSA) is 66.0 Å². The van der Waals surface area contributed by atoms with Gasteiger partial charge in [0.25, 0.3) is 0 Å². The van der Waals surface area contributed by atoms with Gasteiger partial charge in [-0.15, -0.1) is 0 Å². The highest BCUT2D eigenvalue weighted by molar-refractivity contribution is 5.40. The summed E-state index contributed by atoms with van der Waals surface area (Å²) >= 11 is 0. The first-order chi connectivity index (χ1) is 9.78. The van der Waals surface area contributed by atoms with Gasteiger partial charge in [0.2, 0.25) is 0 Å². The average molecular weight is 272 g/mol. The van der Waals surface area contributed by atoms with Crippen molar-refractivity contribution in [3.63, 3.8) is 0 Å². The van der Waals surface area contributed by atoms with Gasteiger partial charge in [0.1, 0.15) is 18.7 Å². The number of fused-ring (bicyclic) bond motifs is 1. The fourth-order valence-corrected chi connectivity index (χ4v) is 2.66. The van der Waals surface area contributed by atoms with E-state index in [1.807, 2.05) is 10.7 Å². The van der Waals surface area contributed by atoms with E-state index in [1.165, 1.54) is 11.1 Å². The second-order valence-electron chi connectivity index (χ2n) is 5.19. The quantitative estimate of drug-likeness (QED) is 0.906. The number of aromatic nitrogens is 3. The van der Waals surface area contributed by atoms with Crippen molar-refractivity contribution >= 4 is 0 Å². The number of benzene rings is 1. The van der Waals surface area contributed by atoms with Crippen LogP contribution >= 0.6 is 0 Å². The molecule has 0 aliphatic heterocycles. The largest absolute Gasteiger partial charge is 0.486 e. The van der Waals surface area contributed by atoms with Crippen LogP contribution in [0.25, 0.3) is 0 Å². The summed E-state index contributed by atoms with van der Waals surface area (Å²) in [6.45, 7) is 3.44. The molecule has 0 radical (unpaired) electrons. The lowest BCUT2D eigenvalue weighted by Gasteiger charge is -2.09. The van der Waals surface area contributed by atoms with Crippen LogP contribution in [0, 0.1) is 0 Å². The van der Waals surface area contributed by atoms with Gasteiger partial charge in [0.15, 0.2) is 5.82 Å². The van der Waals surface area contributed by atoms with Gasteiger partial charge in [0.05, 0.1) is 0 Å². The minimum atomic E-state index is 0.187. The van der Waals surface area contributed by atoms with Gasteiger partial charge in [-0.3, -0.25) is 0 Å². The highest BCUT2D eigenvalue weighted by Crippen LogP contribution is 2.31. The van der Waals surface area contributed by atoms with Crippen LogP contribution in [0.2, 0.25) is 0 Å². The standard InChI is InChI=1S/C15H20N4O/c1-2-7-19-15(17-10-18-19)9-20-12-4-5-13-11(8-12)3-6-14(13)16/h4-5,8,10,14H,2-3,6-7,9,16H2,1H3/t14-/m0/s1. The molecule has 1 aromatic carbocycles. The molecule has 1 aromatic heterocycles. The minimum absolute atomic E-state index is 0.187. The van der Waals surface area contributed by atoms with Crippen molar-refractivity contribution in [1.82, 2.24) is 14.8 Å². The van der Waals surface area contributed by atoms with Crippen LogP contribution < -0.4 is 10.5 Å². The average Bonchev–Trinajstić information content (AvgIpc) is 3.04. The van der Waals surface area contributed by atoms with Crippen LogP contribution in [0.5, 0.6) is 5.75 Å². The number of rotatable bonds is 5. The molecule has 0 saturated heterocycles. The molecule has 106 valence electrons. The molecular weight excluding hydrogens is 252 g/mol. The van der Waals surface area contributed by atoms with Gasteiger partial charge in [-0.1, -0.05) is 13.0 Å². The third kappa shape index (κ3) is 2.54. The second kappa shape index (κ2) is 5.63. The molecule has 0 amide bonds. The van der Waals surface area contributed by atoms with Gasteiger partial charge < -0.3 is 10.5 Å². The van der Waals surface area contributed by atoms with Crippen molar-refractivity contribution in [3.8, 4) is 5.75 Å². The van der Waals surface area contributed by atoms with E-state index in [2.05, 4.69) is 29.1 Å². The Labute approximate surface area is 118 Å². The fraction of sp³-hybridized carbons (Fsp3) is 0.467. The predicted molar refractivity (Wildman–Crippen MR) is 76.3 cm³/mol. The molecule has 0 bridgehead atoms. The van der Waals surface area contributed by atoms with Crippen molar-refractivity contribution in [1.29, 1.82) is 0 Å². The first-order valence-electron chi connectivity index (χ1n) is 7.16. The summed E-state index contributed by atoms with van der Waals surface area (Å²) in [4.78, 5) is 4.24. The van der Waals surface area contributed by atoms with Crippen LogP contribution in [0.3, 0.4) is 0 Å². The van der Waals surface area contributed by atoms with E-state index in [-0.39, 0.29) is 6.04 Å². The first kappa shape index (κ1) is 13.1. The zero-order valence-corrected chi connectivity index (χ0v) is 11.7. The van der Waals surface area contributed by atoms with Gasteiger partial charge >= 0.3 is 0 Å². The van der Waals surface area contributed by atoms with Crippen molar-refractivity contribution in [2.45, 2.75) is 45.4 Å². The summed E-state index contributed by atoms with van der Waals surface area (Å²) in [6.07, 6.45) is 4.69. The Morgan fingerprint density at radius 2 is 2.35 bits per heavy atom. The first-order valence-corrected chi connectivity index (χ1v) is 7.16. The van der Waals surface area contributed by atoms with E-state index in [4.69, 9.17) is 10.5 Å². The molecule has 3 rings (SSSR count). The molecule has 2 N–H and O–H groups in total. The number of aryl methyl sites for hydroxylation is 2. The zero-order valence-electron chi connectivity index (χ0n) is 11.7. The summed E-state index contributed by atoms with van der Waals surface area (Å²) in [5, 5.41) is 4.20. The van der Waals surface area contributed by atoms with Crippen molar-refractivity contribution in [2.75, 3.05) is 0 Å². The molecule has 2 aromatic rings. The number of nitrogens with zero attached hydrogens (tertiary/aromatic N) is 3. The Kier molecular flexibility index (Phi) is 3.69. The van der Waals surface area contributed by atoms with Crippen LogP contribution in [0.1, 0.15) is 42.8 Å². The maximum absolute atomic E-state index is 6.04. The molecule has 0 saturated carbocycles. The number of hydrogen-bond acceptors (Lipinski definition) is 4. The molecule has 5 nitrogen and oxygen atoms in total. The monoisotopic (exact) mass is 272 g/mol. The third-order valence-electron chi connectivity index (χ3n) is 3.74. The molecule has 0 unspecified atom stereocenters. The highest BCUT2D eigenvalue weighted by atomic mass is 16.5. The molecule has 20 heavy (non-hydrogen) atoms. The second-order valence-corrected chi connectivity index (χ2v) is 5.19. The Bertz CT molecular complexity index is 593. The lowest BCUT2D eigenvalue weighted by atomic mass is 10.1. The molecule has 1 atom stereocenters. The molecule has 5 heteroatoms. The van der Waals surface area contributed by atoms with Crippen molar-refractivity contribution < 1.29 is 4.74 Å². The molecule has 0 spiro atoms. The fourth-order valence-electron chi connectivity index (χ4n) is 2.66. The van der Waals surface area contributed by atoms with Crippen LogP contribution in [0.15, 0.2) is 24.5 Å². The molecule has 1 aliphatic carbocycles. The van der Waals surface area contributed by atoms with E-state index >= 15 is 0 Å². The van der Waals surface area contributed by atoms with E-state index in [0.717, 1.165) is 37.4 Å². The lowest BCUT2D eigenvalue weighted by molar-refractivity contribution is 0.286. The van der Waals surface area contributed by atoms with Gasteiger partial charge in [-0.05, 0) is 42.5 Å². The van der Waals surface area contributed by atoms with E-state index < -0.39 is 0 Å². The summed E-state index contributed by atoms with van der Waals surface area (Å²) in [5.74, 6) is 1.74. The normalized spacial score (nSPS) is 17.2. The molecule has 1 heterocycles. The van der Waals surface area contributed by atoms with Crippen LogP contribution in [0.4, 0.5) is 0 Å². The molecule has 1 aliphatic rings. The summed E-state index contributed by atoms with van der Waals surface area (Å²) in [7, 11) is 0. The van der Waals surface area contributed by atoms with Crippen LogP contribution in [-0.2, 0) is 19.6 Å². The third-order valence-corrected chi connectivity index (χ3v) is 3.74. The Hall–Kier alpha value is -1.88. The SMILES string of the molecule is CCCn1ncnc1COc1ccc2c(c1)CC[C@@H]2N. The number of hydrogen-bond donors (Lipinski definition) is 1. The van der Waals surface area contributed by atoms with Gasteiger partial charge in [-0.2, -0.15) is 5.10 Å². The predicted octanol–water partition coefficient (Wildman–Crippen LogP) is 2.21. The Morgan fingerprint density at radius 3 is 3.20 bits per heavy atom. The maximum atomic E-state index is 6.04. The smallest absolute Gasteiger partial charge is 0.164 e. The molecular formula is C15H20N4O. The highest BCUT2D eigenvalue weighted by Gasteiger charge is 2.19. The Morgan fingerprint density at radius 1 is 1.45 bits per heavy atom. The minimum Gasteiger partial charge on any atom is -0.486 e. The summed E-state index contributed by atoms with van der Waals surface area (Å²) in [6, 6.07) is 6.36. The van der Waals surface area contributed by atoms with E-state index in [0.29, 0.717) is 6.61 Å². The summed E-state index contributed by atoms with van der Waals surface area (Å²) in [5.41, 5.74) is 8.60.